The smallest absolute Gasteiger partial charge is 0.0648 e. The van der Waals surface area contributed by atoms with E-state index in [4.69, 9.17) is 0 Å². The van der Waals surface area contributed by atoms with E-state index in [0.29, 0.717) is 0 Å². The average molecular weight is 295 g/mol. The highest BCUT2D eigenvalue weighted by Gasteiger charge is 2.08. The highest BCUT2D eigenvalue weighted by Crippen LogP contribution is 2.16. The van der Waals surface area contributed by atoms with Gasteiger partial charge in [-0.3, -0.25) is 5.10 Å². The molecule has 0 aliphatic heterocycles. The molecule has 0 aliphatic carbocycles. The SMILES string of the molecule is Cc1ccn(-c2ccc(CNC(C)c3ccn[nH]3)c(C)c2)n1. The summed E-state index contributed by atoms with van der Waals surface area (Å²) in [5, 5.41) is 14.9. The molecule has 2 N–H and O–H groups in total. The first-order valence-electron chi connectivity index (χ1n) is 7.48. The topological polar surface area (TPSA) is 58.5 Å². The van der Waals surface area contributed by atoms with Gasteiger partial charge in [-0.2, -0.15) is 10.2 Å². The Labute approximate surface area is 130 Å². The summed E-state index contributed by atoms with van der Waals surface area (Å²) in [5.74, 6) is 0. The van der Waals surface area contributed by atoms with E-state index in [9.17, 15) is 0 Å². The molecule has 0 saturated carbocycles. The fraction of sp³-hybridized carbons (Fsp3) is 0.294. The van der Waals surface area contributed by atoms with Crippen LogP contribution < -0.4 is 5.32 Å². The summed E-state index contributed by atoms with van der Waals surface area (Å²) in [6.45, 7) is 7.09. The molecule has 1 aromatic carbocycles. The van der Waals surface area contributed by atoms with E-state index in [1.54, 1.807) is 6.20 Å². The van der Waals surface area contributed by atoms with Gasteiger partial charge in [-0.1, -0.05) is 6.07 Å². The van der Waals surface area contributed by atoms with E-state index < -0.39 is 0 Å². The lowest BCUT2D eigenvalue weighted by molar-refractivity contribution is 0.559. The maximum absolute atomic E-state index is 4.45. The fourth-order valence-corrected chi connectivity index (χ4v) is 2.46. The van der Waals surface area contributed by atoms with Crippen LogP contribution in [-0.2, 0) is 6.54 Å². The molecule has 5 nitrogen and oxygen atoms in total. The van der Waals surface area contributed by atoms with Gasteiger partial charge in [-0.15, -0.1) is 0 Å². The zero-order valence-electron chi connectivity index (χ0n) is 13.2. The third-order valence-corrected chi connectivity index (χ3v) is 3.90. The number of hydrogen-bond acceptors (Lipinski definition) is 3. The number of nitrogens with one attached hydrogen (secondary N) is 2. The summed E-state index contributed by atoms with van der Waals surface area (Å²) in [6, 6.07) is 10.7. The van der Waals surface area contributed by atoms with E-state index in [1.165, 1.54) is 11.1 Å². The monoisotopic (exact) mass is 295 g/mol. The Morgan fingerprint density at radius 2 is 2.09 bits per heavy atom. The molecule has 0 fully saturated rings. The lowest BCUT2D eigenvalue weighted by Gasteiger charge is -2.14. The maximum Gasteiger partial charge on any atom is 0.0648 e. The van der Waals surface area contributed by atoms with Crippen LogP contribution in [0.5, 0.6) is 0 Å². The van der Waals surface area contributed by atoms with Gasteiger partial charge in [0.2, 0.25) is 0 Å². The molecule has 0 spiro atoms. The highest BCUT2D eigenvalue weighted by molar-refractivity contribution is 5.39. The van der Waals surface area contributed by atoms with Crippen LogP contribution in [0.4, 0.5) is 0 Å². The molecular formula is C17H21N5. The van der Waals surface area contributed by atoms with Crippen LogP contribution in [-0.4, -0.2) is 20.0 Å². The van der Waals surface area contributed by atoms with E-state index in [0.717, 1.165) is 23.6 Å². The van der Waals surface area contributed by atoms with Gasteiger partial charge in [-0.05, 0) is 56.2 Å². The van der Waals surface area contributed by atoms with Gasteiger partial charge >= 0.3 is 0 Å². The van der Waals surface area contributed by atoms with Crippen molar-refractivity contribution in [2.24, 2.45) is 0 Å². The van der Waals surface area contributed by atoms with Crippen molar-refractivity contribution in [3.63, 3.8) is 0 Å². The Morgan fingerprint density at radius 1 is 1.23 bits per heavy atom. The molecule has 1 unspecified atom stereocenters. The van der Waals surface area contributed by atoms with Crippen molar-refractivity contribution in [1.29, 1.82) is 0 Å². The molecular weight excluding hydrogens is 274 g/mol. The lowest BCUT2D eigenvalue weighted by atomic mass is 10.1. The van der Waals surface area contributed by atoms with Gasteiger partial charge in [0, 0.05) is 25.0 Å². The summed E-state index contributed by atoms with van der Waals surface area (Å²) < 4.78 is 1.91. The number of rotatable bonds is 5. The minimum atomic E-state index is 0.246. The Hall–Kier alpha value is -2.40. The van der Waals surface area contributed by atoms with Crippen LogP contribution in [0.1, 0.15) is 35.5 Å². The van der Waals surface area contributed by atoms with E-state index in [1.807, 2.05) is 29.9 Å². The predicted molar refractivity (Wildman–Crippen MR) is 86.9 cm³/mol. The Bertz CT molecular complexity index is 742. The molecule has 22 heavy (non-hydrogen) atoms. The second kappa shape index (κ2) is 6.15. The van der Waals surface area contributed by atoms with Crippen molar-refractivity contribution in [2.45, 2.75) is 33.4 Å². The second-order valence-electron chi connectivity index (χ2n) is 5.63. The molecule has 0 bridgehead atoms. The standard InChI is InChI=1S/C17H21N5/c1-12-10-16(22-9-7-13(2)21-22)5-4-15(12)11-18-14(3)17-6-8-19-20-17/h4-10,14,18H,11H2,1-3H3,(H,19,20). The van der Waals surface area contributed by atoms with Gasteiger partial charge in [0.1, 0.15) is 0 Å². The number of aryl methyl sites for hydroxylation is 2. The van der Waals surface area contributed by atoms with Crippen LogP contribution in [0, 0.1) is 13.8 Å². The second-order valence-corrected chi connectivity index (χ2v) is 5.63. The minimum Gasteiger partial charge on any atom is -0.305 e. The molecule has 0 radical (unpaired) electrons. The van der Waals surface area contributed by atoms with E-state index in [-0.39, 0.29) is 6.04 Å². The van der Waals surface area contributed by atoms with E-state index >= 15 is 0 Å². The summed E-state index contributed by atoms with van der Waals surface area (Å²) in [6.07, 6.45) is 3.77. The van der Waals surface area contributed by atoms with Crippen molar-refractivity contribution in [2.75, 3.05) is 0 Å². The Kier molecular flexibility index (Phi) is 4.06. The van der Waals surface area contributed by atoms with Crippen LogP contribution in [0.25, 0.3) is 5.69 Å². The molecule has 114 valence electrons. The maximum atomic E-state index is 4.45. The quantitative estimate of drug-likeness (QED) is 0.760. The molecule has 2 aromatic heterocycles. The van der Waals surface area contributed by atoms with Gasteiger partial charge < -0.3 is 5.32 Å². The normalized spacial score (nSPS) is 12.5. The molecule has 3 aromatic rings. The zero-order valence-corrected chi connectivity index (χ0v) is 13.2. The number of aromatic amines is 1. The van der Waals surface area contributed by atoms with Crippen LogP contribution in [0.2, 0.25) is 0 Å². The van der Waals surface area contributed by atoms with Crippen LogP contribution in [0.3, 0.4) is 0 Å². The van der Waals surface area contributed by atoms with Gasteiger partial charge in [-0.25, -0.2) is 4.68 Å². The van der Waals surface area contributed by atoms with Crippen molar-refractivity contribution < 1.29 is 0 Å². The molecule has 0 saturated heterocycles. The highest BCUT2D eigenvalue weighted by atomic mass is 15.3. The summed E-state index contributed by atoms with van der Waals surface area (Å²) >= 11 is 0. The molecule has 0 amide bonds. The minimum absolute atomic E-state index is 0.246. The Balaban J connectivity index is 1.70. The van der Waals surface area contributed by atoms with Crippen LogP contribution in [0.15, 0.2) is 42.7 Å². The van der Waals surface area contributed by atoms with Crippen molar-refractivity contribution in [3.05, 3.63) is 65.2 Å². The molecule has 2 heterocycles. The largest absolute Gasteiger partial charge is 0.305 e. The van der Waals surface area contributed by atoms with Gasteiger partial charge in [0.15, 0.2) is 0 Å². The first kappa shape index (κ1) is 14.5. The fourth-order valence-electron chi connectivity index (χ4n) is 2.46. The average Bonchev–Trinajstić information content (AvgIpc) is 3.17. The first-order chi connectivity index (χ1) is 10.6. The summed E-state index contributed by atoms with van der Waals surface area (Å²) in [5.41, 5.74) is 5.77. The van der Waals surface area contributed by atoms with Gasteiger partial charge in [0.05, 0.1) is 17.1 Å². The molecule has 3 rings (SSSR count). The molecule has 0 aliphatic rings. The van der Waals surface area contributed by atoms with Crippen molar-refractivity contribution in [3.8, 4) is 5.69 Å². The zero-order chi connectivity index (χ0) is 15.5. The van der Waals surface area contributed by atoms with Crippen molar-refractivity contribution >= 4 is 0 Å². The third-order valence-electron chi connectivity index (χ3n) is 3.90. The van der Waals surface area contributed by atoms with Crippen molar-refractivity contribution in [1.82, 2.24) is 25.3 Å². The lowest BCUT2D eigenvalue weighted by Crippen LogP contribution is -2.19. The summed E-state index contributed by atoms with van der Waals surface area (Å²) in [4.78, 5) is 0. The third kappa shape index (κ3) is 3.09. The molecule has 5 heteroatoms. The number of hydrogen-bond donors (Lipinski definition) is 2. The van der Waals surface area contributed by atoms with Gasteiger partial charge in [0.25, 0.3) is 0 Å². The number of H-pyrrole nitrogens is 1. The first-order valence-corrected chi connectivity index (χ1v) is 7.48. The number of aromatic nitrogens is 4. The Morgan fingerprint density at radius 3 is 2.73 bits per heavy atom. The number of nitrogens with zero attached hydrogens (tertiary/aromatic N) is 3. The van der Waals surface area contributed by atoms with Crippen LogP contribution >= 0.6 is 0 Å². The predicted octanol–water partition coefficient (Wildman–Crippen LogP) is 3.06. The molecule has 1 atom stereocenters. The summed E-state index contributed by atoms with van der Waals surface area (Å²) in [7, 11) is 0. The van der Waals surface area contributed by atoms with E-state index in [2.05, 4.69) is 52.7 Å². The number of benzene rings is 1.